The van der Waals surface area contributed by atoms with Gasteiger partial charge in [-0.3, -0.25) is 0 Å². The molecule has 3 rings (SSSR count). The summed E-state index contributed by atoms with van der Waals surface area (Å²) in [5.41, 5.74) is 1.97. The third kappa shape index (κ3) is 2.95. The first-order valence-electron chi connectivity index (χ1n) is 7.07. The summed E-state index contributed by atoms with van der Waals surface area (Å²) in [7, 11) is 0. The third-order valence-corrected chi connectivity index (χ3v) is 3.29. The van der Waals surface area contributed by atoms with Crippen LogP contribution >= 0.6 is 0 Å². The first-order chi connectivity index (χ1) is 10.6. The lowest BCUT2D eigenvalue weighted by molar-refractivity contribution is 0.0328. The first kappa shape index (κ1) is 14.2. The van der Waals surface area contributed by atoms with Gasteiger partial charge in [0.15, 0.2) is 0 Å². The second kappa shape index (κ2) is 5.93. The Balaban J connectivity index is 1.71. The second-order valence-corrected chi connectivity index (χ2v) is 5.14. The van der Waals surface area contributed by atoms with E-state index in [-0.39, 0.29) is 11.9 Å². The number of aromatic nitrogens is 4. The summed E-state index contributed by atoms with van der Waals surface area (Å²) in [4.78, 5) is 20.3. The maximum Gasteiger partial charge on any atom is 0.378 e. The lowest BCUT2D eigenvalue weighted by Gasteiger charge is -2.11. The number of carbonyl (C=O) groups is 1. The van der Waals surface area contributed by atoms with Gasteiger partial charge < -0.3 is 4.74 Å². The number of ether oxygens (including phenoxy) is 1. The number of nitrogens with zero attached hydrogens (tertiary/aromatic N) is 4. The van der Waals surface area contributed by atoms with E-state index in [9.17, 15) is 4.79 Å². The fraction of sp³-hybridized carbons (Fsp3) is 0.250. The van der Waals surface area contributed by atoms with Crippen LogP contribution in [0, 0.1) is 6.92 Å². The van der Waals surface area contributed by atoms with Crippen molar-refractivity contribution in [1.82, 2.24) is 19.6 Å². The van der Waals surface area contributed by atoms with Crippen LogP contribution in [0.25, 0.3) is 5.78 Å². The molecule has 0 aliphatic carbocycles. The Kier molecular flexibility index (Phi) is 3.82. The van der Waals surface area contributed by atoms with Gasteiger partial charge in [-0.2, -0.15) is 4.98 Å². The molecule has 6 nitrogen and oxygen atoms in total. The smallest absolute Gasteiger partial charge is 0.378 e. The van der Waals surface area contributed by atoms with Crippen LogP contribution in [-0.4, -0.2) is 31.7 Å². The predicted octanol–water partition coefficient (Wildman–Crippen LogP) is 2.22. The zero-order chi connectivity index (χ0) is 15.5. The van der Waals surface area contributed by atoms with E-state index in [1.54, 1.807) is 12.3 Å². The minimum Gasteiger partial charge on any atom is -0.456 e. The largest absolute Gasteiger partial charge is 0.456 e. The molecule has 2 heterocycles. The van der Waals surface area contributed by atoms with E-state index in [0.29, 0.717) is 12.2 Å². The van der Waals surface area contributed by atoms with Gasteiger partial charge in [-0.25, -0.2) is 14.3 Å². The van der Waals surface area contributed by atoms with Crippen LogP contribution in [0.5, 0.6) is 0 Å². The normalized spacial score (nSPS) is 12.3. The van der Waals surface area contributed by atoms with Gasteiger partial charge in [0.05, 0.1) is 0 Å². The Morgan fingerprint density at radius 2 is 2.05 bits per heavy atom. The van der Waals surface area contributed by atoms with Crippen LogP contribution in [0.4, 0.5) is 0 Å². The standard InChI is InChI=1S/C16H16N4O2/c1-11-8-9-17-16-18-14(19-20(11)16)15(21)22-12(2)10-13-6-4-3-5-7-13/h3-9,12H,10H2,1-2H3. The lowest BCUT2D eigenvalue weighted by atomic mass is 10.1. The van der Waals surface area contributed by atoms with Crippen molar-refractivity contribution >= 4 is 11.7 Å². The van der Waals surface area contributed by atoms with Crippen molar-refractivity contribution in [3.8, 4) is 0 Å². The monoisotopic (exact) mass is 296 g/mol. The van der Waals surface area contributed by atoms with E-state index in [2.05, 4.69) is 15.1 Å². The molecule has 0 amide bonds. The molecule has 0 saturated carbocycles. The molecule has 1 unspecified atom stereocenters. The fourth-order valence-electron chi connectivity index (χ4n) is 2.22. The van der Waals surface area contributed by atoms with Crippen molar-refractivity contribution in [2.24, 2.45) is 0 Å². The number of benzene rings is 1. The minimum absolute atomic E-state index is 0.0294. The highest BCUT2D eigenvalue weighted by Gasteiger charge is 2.18. The number of hydrogen-bond acceptors (Lipinski definition) is 5. The Labute approximate surface area is 127 Å². The molecule has 22 heavy (non-hydrogen) atoms. The van der Waals surface area contributed by atoms with Crippen LogP contribution in [-0.2, 0) is 11.2 Å². The molecule has 6 heteroatoms. The molecular formula is C16H16N4O2. The summed E-state index contributed by atoms with van der Waals surface area (Å²) >= 11 is 0. The van der Waals surface area contributed by atoms with Crippen molar-refractivity contribution in [1.29, 1.82) is 0 Å². The van der Waals surface area contributed by atoms with Crippen molar-refractivity contribution < 1.29 is 9.53 Å². The van der Waals surface area contributed by atoms with E-state index in [1.807, 2.05) is 44.2 Å². The summed E-state index contributed by atoms with van der Waals surface area (Å²) in [6, 6.07) is 11.7. The Bertz CT molecular complexity index is 798. The third-order valence-electron chi connectivity index (χ3n) is 3.29. The van der Waals surface area contributed by atoms with Crippen molar-refractivity contribution in [2.45, 2.75) is 26.4 Å². The topological polar surface area (TPSA) is 69.4 Å². The van der Waals surface area contributed by atoms with Gasteiger partial charge in [-0.1, -0.05) is 30.3 Å². The average Bonchev–Trinajstić information content (AvgIpc) is 2.94. The molecule has 0 saturated heterocycles. The SMILES string of the molecule is Cc1ccnc2nc(C(=O)OC(C)Cc3ccccc3)nn12. The van der Waals surface area contributed by atoms with E-state index >= 15 is 0 Å². The highest BCUT2D eigenvalue weighted by molar-refractivity contribution is 5.85. The van der Waals surface area contributed by atoms with Gasteiger partial charge in [-0.05, 0) is 25.5 Å². The van der Waals surface area contributed by atoms with Crippen molar-refractivity contribution in [3.05, 3.63) is 59.7 Å². The maximum atomic E-state index is 12.1. The molecule has 0 fully saturated rings. The molecule has 0 aliphatic heterocycles. The van der Waals surface area contributed by atoms with Gasteiger partial charge in [0.2, 0.25) is 0 Å². The van der Waals surface area contributed by atoms with Crippen molar-refractivity contribution in [3.63, 3.8) is 0 Å². The molecule has 1 atom stereocenters. The van der Waals surface area contributed by atoms with Crippen molar-refractivity contribution in [2.75, 3.05) is 0 Å². The Hall–Kier alpha value is -2.76. The molecule has 2 aromatic heterocycles. The Morgan fingerprint density at radius 1 is 1.27 bits per heavy atom. The fourth-order valence-corrected chi connectivity index (χ4v) is 2.22. The van der Waals surface area contributed by atoms with Crippen LogP contribution in [0.15, 0.2) is 42.6 Å². The van der Waals surface area contributed by atoms with Crippen LogP contribution < -0.4 is 0 Å². The Morgan fingerprint density at radius 3 is 2.77 bits per heavy atom. The predicted molar refractivity (Wildman–Crippen MR) is 80.5 cm³/mol. The number of aryl methyl sites for hydroxylation is 1. The molecule has 112 valence electrons. The lowest BCUT2D eigenvalue weighted by Crippen LogP contribution is -2.18. The minimum atomic E-state index is -0.534. The zero-order valence-corrected chi connectivity index (χ0v) is 12.4. The van der Waals surface area contributed by atoms with Gasteiger partial charge in [0.25, 0.3) is 11.6 Å². The summed E-state index contributed by atoms with van der Waals surface area (Å²) in [5.74, 6) is -0.113. The maximum absolute atomic E-state index is 12.1. The van der Waals surface area contributed by atoms with Crippen LogP contribution in [0.3, 0.4) is 0 Å². The average molecular weight is 296 g/mol. The highest BCUT2D eigenvalue weighted by atomic mass is 16.5. The summed E-state index contributed by atoms with van der Waals surface area (Å²) in [6.45, 7) is 3.72. The van der Waals surface area contributed by atoms with Gasteiger partial charge in [0.1, 0.15) is 6.10 Å². The quantitative estimate of drug-likeness (QED) is 0.690. The van der Waals surface area contributed by atoms with E-state index in [4.69, 9.17) is 4.74 Å². The van der Waals surface area contributed by atoms with Gasteiger partial charge in [0, 0.05) is 18.3 Å². The molecular weight excluding hydrogens is 280 g/mol. The van der Waals surface area contributed by atoms with Gasteiger partial charge >= 0.3 is 5.97 Å². The van der Waals surface area contributed by atoms with Crippen LogP contribution in [0.2, 0.25) is 0 Å². The number of fused-ring (bicyclic) bond motifs is 1. The highest BCUT2D eigenvalue weighted by Crippen LogP contribution is 2.08. The number of carbonyl (C=O) groups excluding carboxylic acids is 1. The molecule has 1 aromatic carbocycles. The molecule has 3 aromatic rings. The summed E-state index contributed by atoms with van der Waals surface area (Å²) in [6.07, 6.45) is 2.03. The zero-order valence-electron chi connectivity index (χ0n) is 12.4. The molecule has 0 aliphatic rings. The van der Waals surface area contributed by atoms with Gasteiger partial charge in [-0.15, -0.1) is 5.10 Å². The molecule has 0 bridgehead atoms. The second-order valence-electron chi connectivity index (χ2n) is 5.14. The molecule has 0 radical (unpaired) electrons. The first-order valence-corrected chi connectivity index (χ1v) is 7.07. The van der Waals surface area contributed by atoms with E-state index in [1.165, 1.54) is 4.52 Å². The molecule has 0 N–H and O–H groups in total. The number of hydrogen-bond donors (Lipinski definition) is 0. The van der Waals surface area contributed by atoms with Crippen LogP contribution in [0.1, 0.15) is 28.8 Å². The molecule has 0 spiro atoms. The van der Waals surface area contributed by atoms with E-state index < -0.39 is 5.97 Å². The summed E-state index contributed by atoms with van der Waals surface area (Å²) in [5, 5.41) is 4.14. The number of esters is 1. The number of rotatable bonds is 4. The van der Waals surface area contributed by atoms with E-state index in [0.717, 1.165) is 11.3 Å². The summed E-state index contributed by atoms with van der Waals surface area (Å²) < 4.78 is 6.93.